The first-order valence-electron chi connectivity index (χ1n) is 7.71. The molecule has 0 bridgehead atoms. The van der Waals surface area contributed by atoms with E-state index < -0.39 is 0 Å². The molecule has 2 fully saturated rings. The summed E-state index contributed by atoms with van der Waals surface area (Å²) in [6.07, 6.45) is 6.13. The number of carbonyl (C=O) groups excluding carboxylic acids is 1. The molecule has 5 nitrogen and oxygen atoms in total. The maximum Gasteiger partial charge on any atom is 0.319 e. The van der Waals surface area contributed by atoms with Crippen molar-refractivity contribution in [1.82, 2.24) is 5.32 Å². The van der Waals surface area contributed by atoms with Gasteiger partial charge in [-0.15, -0.1) is 0 Å². The highest BCUT2D eigenvalue weighted by molar-refractivity contribution is 5.89. The molecular formula is C16H22N2O3. The van der Waals surface area contributed by atoms with Crippen molar-refractivity contribution in [2.24, 2.45) is 0 Å². The second-order valence-corrected chi connectivity index (χ2v) is 5.72. The van der Waals surface area contributed by atoms with Crippen molar-refractivity contribution < 1.29 is 14.3 Å². The van der Waals surface area contributed by atoms with Gasteiger partial charge in [0, 0.05) is 11.7 Å². The van der Waals surface area contributed by atoms with Crippen LogP contribution in [0.1, 0.15) is 32.1 Å². The van der Waals surface area contributed by atoms with E-state index in [0.717, 1.165) is 30.9 Å². The first kappa shape index (κ1) is 14.2. The van der Waals surface area contributed by atoms with Crippen LogP contribution in [0.3, 0.4) is 0 Å². The van der Waals surface area contributed by atoms with Crippen molar-refractivity contribution in [2.45, 2.75) is 44.2 Å². The Kier molecular flexibility index (Phi) is 4.60. The zero-order chi connectivity index (χ0) is 14.5. The van der Waals surface area contributed by atoms with E-state index in [-0.39, 0.29) is 12.1 Å². The van der Waals surface area contributed by atoms with E-state index >= 15 is 0 Å². The van der Waals surface area contributed by atoms with E-state index in [4.69, 9.17) is 9.47 Å². The van der Waals surface area contributed by atoms with E-state index in [1.807, 2.05) is 24.3 Å². The fourth-order valence-corrected chi connectivity index (χ4v) is 2.59. The standard InChI is InChI=1S/C16H22N2O3/c19-16(17-12-4-2-1-3-5-12)18-13-6-8-14(9-7-13)20-10-15-11-21-15/h6-9,12,15H,1-5,10-11H2,(H2,17,18,19)/t15-/m0/s1. The average molecular weight is 290 g/mol. The molecule has 1 atom stereocenters. The third-order valence-corrected chi connectivity index (χ3v) is 3.89. The highest BCUT2D eigenvalue weighted by Gasteiger charge is 2.23. The molecule has 2 N–H and O–H groups in total. The van der Waals surface area contributed by atoms with Gasteiger partial charge in [0.15, 0.2) is 0 Å². The molecule has 1 aliphatic heterocycles. The molecule has 1 aromatic carbocycles. The Hall–Kier alpha value is -1.75. The van der Waals surface area contributed by atoms with Crippen LogP contribution < -0.4 is 15.4 Å². The van der Waals surface area contributed by atoms with Crippen LogP contribution in [0, 0.1) is 0 Å². The van der Waals surface area contributed by atoms with Gasteiger partial charge in [0.05, 0.1) is 6.61 Å². The van der Waals surface area contributed by atoms with Gasteiger partial charge in [-0.3, -0.25) is 0 Å². The van der Waals surface area contributed by atoms with Gasteiger partial charge in [0.25, 0.3) is 0 Å². The van der Waals surface area contributed by atoms with Crippen molar-refractivity contribution in [2.75, 3.05) is 18.5 Å². The van der Waals surface area contributed by atoms with Gasteiger partial charge in [-0.25, -0.2) is 4.79 Å². The quantitative estimate of drug-likeness (QED) is 0.820. The van der Waals surface area contributed by atoms with Gasteiger partial charge in [0.1, 0.15) is 18.5 Å². The average Bonchev–Trinajstić information content (AvgIpc) is 3.32. The number of epoxide rings is 1. The Labute approximate surface area is 125 Å². The Morgan fingerprint density at radius 1 is 1.19 bits per heavy atom. The van der Waals surface area contributed by atoms with Gasteiger partial charge in [-0.05, 0) is 37.1 Å². The number of urea groups is 1. The van der Waals surface area contributed by atoms with Crippen LogP contribution in [0.25, 0.3) is 0 Å². The summed E-state index contributed by atoms with van der Waals surface area (Å²) in [5.74, 6) is 0.795. The van der Waals surface area contributed by atoms with Crippen LogP contribution in [0.2, 0.25) is 0 Å². The predicted octanol–water partition coefficient (Wildman–Crippen LogP) is 2.92. The molecule has 5 heteroatoms. The van der Waals surface area contributed by atoms with Gasteiger partial charge in [-0.2, -0.15) is 0 Å². The van der Waals surface area contributed by atoms with Crippen LogP contribution in [-0.2, 0) is 4.74 Å². The smallest absolute Gasteiger partial charge is 0.319 e. The van der Waals surface area contributed by atoms with Gasteiger partial charge in [0.2, 0.25) is 0 Å². The zero-order valence-electron chi connectivity index (χ0n) is 12.1. The number of rotatable bonds is 5. The van der Waals surface area contributed by atoms with E-state index in [1.165, 1.54) is 19.3 Å². The minimum absolute atomic E-state index is 0.123. The first-order valence-corrected chi connectivity index (χ1v) is 7.71. The second-order valence-electron chi connectivity index (χ2n) is 5.72. The summed E-state index contributed by atoms with van der Waals surface area (Å²) in [5, 5.41) is 5.90. The number of nitrogens with one attached hydrogen (secondary N) is 2. The number of amides is 2. The van der Waals surface area contributed by atoms with Crippen LogP contribution >= 0.6 is 0 Å². The van der Waals surface area contributed by atoms with Crippen LogP contribution in [0.5, 0.6) is 5.75 Å². The number of carbonyl (C=O) groups is 1. The molecule has 1 saturated carbocycles. The molecule has 0 unspecified atom stereocenters. The summed E-state index contributed by atoms with van der Waals surface area (Å²) in [7, 11) is 0. The fourth-order valence-electron chi connectivity index (χ4n) is 2.59. The third-order valence-electron chi connectivity index (χ3n) is 3.89. The SMILES string of the molecule is O=C(Nc1ccc(OC[C@H]2CO2)cc1)NC1CCCCC1. The Morgan fingerprint density at radius 3 is 2.57 bits per heavy atom. The number of benzene rings is 1. The highest BCUT2D eigenvalue weighted by Crippen LogP contribution is 2.19. The molecule has 3 rings (SSSR count). The fraction of sp³-hybridized carbons (Fsp3) is 0.562. The Morgan fingerprint density at radius 2 is 1.90 bits per heavy atom. The molecule has 2 amide bonds. The summed E-state index contributed by atoms with van der Waals surface area (Å²) in [5.41, 5.74) is 0.776. The lowest BCUT2D eigenvalue weighted by atomic mass is 9.96. The van der Waals surface area contributed by atoms with Gasteiger partial charge in [-0.1, -0.05) is 19.3 Å². The van der Waals surface area contributed by atoms with Crippen molar-refractivity contribution >= 4 is 11.7 Å². The number of anilines is 1. The molecule has 1 aliphatic carbocycles. The number of ether oxygens (including phenoxy) is 2. The Bertz CT molecular complexity index is 465. The topological polar surface area (TPSA) is 62.9 Å². The minimum Gasteiger partial charge on any atom is -0.491 e. The lowest BCUT2D eigenvalue weighted by molar-refractivity contribution is 0.244. The minimum atomic E-state index is -0.123. The van der Waals surface area contributed by atoms with Gasteiger partial charge >= 0.3 is 6.03 Å². The van der Waals surface area contributed by atoms with Crippen molar-refractivity contribution in [3.63, 3.8) is 0 Å². The summed E-state index contributed by atoms with van der Waals surface area (Å²) in [6.45, 7) is 1.38. The number of hydrogen-bond donors (Lipinski definition) is 2. The van der Waals surface area contributed by atoms with Crippen LogP contribution in [0.15, 0.2) is 24.3 Å². The highest BCUT2D eigenvalue weighted by atomic mass is 16.6. The van der Waals surface area contributed by atoms with Crippen LogP contribution in [0.4, 0.5) is 10.5 Å². The molecule has 2 aliphatic rings. The zero-order valence-corrected chi connectivity index (χ0v) is 12.1. The van der Waals surface area contributed by atoms with Crippen LogP contribution in [-0.4, -0.2) is 31.4 Å². The second kappa shape index (κ2) is 6.80. The van der Waals surface area contributed by atoms with E-state index in [0.29, 0.717) is 12.6 Å². The molecule has 114 valence electrons. The third kappa shape index (κ3) is 4.63. The van der Waals surface area contributed by atoms with Crippen molar-refractivity contribution in [3.8, 4) is 5.75 Å². The molecule has 1 saturated heterocycles. The van der Waals surface area contributed by atoms with E-state index in [9.17, 15) is 4.79 Å². The normalized spacial score (nSPS) is 21.6. The maximum atomic E-state index is 11.9. The molecule has 0 spiro atoms. The Balaban J connectivity index is 1.43. The summed E-state index contributed by atoms with van der Waals surface area (Å²) < 4.78 is 10.6. The summed E-state index contributed by atoms with van der Waals surface area (Å²) in [6, 6.07) is 7.62. The molecule has 1 aromatic rings. The monoisotopic (exact) mass is 290 g/mol. The molecular weight excluding hydrogens is 268 g/mol. The molecule has 0 aromatic heterocycles. The van der Waals surface area contributed by atoms with Crippen molar-refractivity contribution in [1.29, 1.82) is 0 Å². The maximum absolute atomic E-state index is 11.9. The van der Waals surface area contributed by atoms with Gasteiger partial charge < -0.3 is 20.1 Å². The molecule has 1 heterocycles. The molecule has 21 heavy (non-hydrogen) atoms. The predicted molar refractivity (Wildman–Crippen MR) is 80.7 cm³/mol. The summed E-state index contributed by atoms with van der Waals surface area (Å²) >= 11 is 0. The molecule has 0 radical (unpaired) electrons. The van der Waals surface area contributed by atoms with E-state index in [1.54, 1.807) is 0 Å². The summed E-state index contributed by atoms with van der Waals surface area (Å²) in [4.78, 5) is 11.9. The van der Waals surface area contributed by atoms with E-state index in [2.05, 4.69) is 10.6 Å². The largest absolute Gasteiger partial charge is 0.491 e. The van der Waals surface area contributed by atoms with Crippen molar-refractivity contribution in [3.05, 3.63) is 24.3 Å². The lowest BCUT2D eigenvalue weighted by Crippen LogP contribution is -2.38. The first-order chi connectivity index (χ1) is 10.3. The lowest BCUT2D eigenvalue weighted by Gasteiger charge is -2.22. The number of hydrogen-bond acceptors (Lipinski definition) is 3.